The van der Waals surface area contributed by atoms with Crippen LogP contribution in [0.15, 0.2) is 46.9 Å². The first-order valence-electron chi connectivity index (χ1n) is 6.10. The minimum absolute atomic E-state index is 0.152. The van der Waals surface area contributed by atoms with Crippen LogP contribution in [0, 0.1) is 0 Å². The Kier molecular flexibility index (Phi) is 4.04. The monoisotopic (exact) mass is 280 g/mol. The van der Waals surface area contributed by atoms with Gasteiger partial charge >= 0.3 is 5.97 Å². The van der Waals surface area contributed by atoms with Gasteiger partial charge in [0.1, 0.15) is 0 Å². The number of esters is 1. The fraction of sp³-hybridized carbons (Fsp3) is 0.357. The van der Waals surface area contributed by atoms with Crippen molar-refractivity contribution in [2.45, 2.75) is 29.4 Å². The summed E-state index contributed by atoms with van der Waals surface area (Å²) in [6.07, 6.45) is 4.01. The van der Waals surface area contributed by atoms with Gasteiger partial charge in [0.05, 0.1) is 12.0 Å². The molecule has 4 nitrogen and oxygen atoms in total. The molecule has 1 aromatic rings. The van der Waals surface area contributed by atoms with Crippen molar-refractivity contribution < 1.29 is 17.9 Å². The molecule has 2 rings (SSSR count). The summed E-state index contributed by atoms with van der Waals surface area (Å²) in [6, 6.07) is 8.00. The van der Waals surface area contributed by atoms with E-state index in [4.69, 9.17) is 0 Å². The first-order valence-corrected chi connectivity index (χ1v) is 7.65. The molecule has 1 unspecified atom stereocenters. The van der Waals surface area contributed by atoms with Crippen molar-refractivity contribution in [1.82, 2.24) is 0 Å². The maximum absolute atomic E-state index is 12.4. The minimum atomic E-state index is -3.70. The molecule has 0 aromatic heterocycles. The van der Waals surface area contributed by atoms with Crippen molar-refractivity contribution in [3.63, 3.8) is 0 Å². The summed E-state index contributed by atoms with van der Waals surface area (Å²) < 4.78 is 29.5. The molecule has 1 fully saturated rings. The predicted molar refractivity (Wildman–Crippen MR) is 71.4 cm³/mol. The zero-order valence-electron chi connectivity index (χ0n) is 10.7. The van der Waals surface area contributed by atoms with Crippen LogP contribution in [0.25, 0.3) is 0 Å². The quantitative estimate of drug-likeness (QED) is 0.612. The van der Waals surface area contributed by atoms with E-state index in [1.165, 1.54) is 24.8 Å². The highest BCUT2D eigenvalue weighted by atomic mass is 32.2. The summed E-state index contributed by atoms with van der Waals surface area (Å²) >= 11 is 0. The number of sulfone groups is 1. The SMILES string of the molecule is COC(=O)C(CC=C1CC1)S(=O)(=O)c1ccccc1. The number of carbonyl (C=O) groups is 1. The van der Waals surface area contributed by atoms with E-state index in [-0.39, 0.29) is 11.3 Å². The van der Waals surface area contributed by atoms with E-state index < -0.39 is 21.1 Å². The van der Waals surface area contributed by atoms with E-state index in [2.05, 4.69) is 4.74 Å². The van der Waals surface area contributed by atoms with Crippen molar-refractivity contribution >= 4 is 15.8 Å². The highest BCUT2D eigenvalue weighted by molar-refractivity contribution is 7.92. The average Bonchev–Trinajstić information content (AvgIpc) is 3.23. The number of methoxy groups -OCH3 is 1. The highest BCUT2D eigenvalue weighted by Gasteiger charge is 2.34. The van der Waals surface area contributed by atoms with Crippen molar-refractivity contribution in [1.29, 1.82) is 0 Å². The van der Waals surface area contributed by atoms with Crippen LogP contribution in [-0.4, -0.2) is 26.7 Å². The molecule has 5 heteroatoms. The molecule has 1 atom stereocenters. The number of allylic oxidation sites excluding steroid dienone is 2. The van der Waals surface area contributed by atoms with E-state index in [9.17, 15) is 13.2 Å². The van der Waals surface area contributed by atoms with Crippen LogP contribution in [0.5, 0.6) is 0 Å². The van der Waals surface area contributed by atoms with Gasteiger partial charge < -0.3 is 4.74 Å². The van der Waals surface area contributed by atoms with E-state index in [0.29, 0.717) is 0 Å². The maximum atomic E-state index is 12.4. The van der Waals surface area contributed by atoms with Gasteiger partial charge in [-0.1, -0.05) is 29.8 Å². The van der Waals surface area contributed by atoms with Crippen LogP contribution < -0.4 is 0 Å². The molecule has 0 saturated heterocycles. The Bertz CT molecular complexity index is 581. The lowest BCUT2D eigenvalue weighted by Crippen LogP contribution is -2.31. The molecule has 0 spiro atoms. The zero-order chi connectivity index (χ0) is 13.9. The Morgan fingerprint density at radius 3 is 2.47 bits per heavy atom. The molecule has 0 N–H and O–H groups in total. The molecule has 1 aromatic carbocycles. The summed E-state index contributed by atoms with van der Waals surface area (Å²) in [5.41, 5.74) is 1.21. The number of hydrogen-bond donors (Lipinski definition) is 0. The maximum Gasteiger partial charge on any atom is 0.324 e. The molecule has 0 aliphatic heterocycles. The van der Waals surface area contributed by atoms with Gasteiger partial charge in [0, 0.05) is 0 Å². The number of carbonyl (C=O) groups excluding carboxylic acids is 1. The van der Waals surface area contributed by atoms with Gasteiger partial charge in [0.15, 0.2) is 15.1 Å². The molecule has 102 valence electrons. The lowest BCUT2D eigenvalue weighted by atomic mass is 10.3. The summed E-state index contributed by atoms with van der Waals surface area (Å²) in [5.74, 6) is -0.707. The van der Waals surface area contributed by atoms with Crippen molar-refractivity contribution in [2.75, 3.05) is 7.11 Å². The molecule has 0 radical (unpaired) electrons. The number of rotatable bonds is 5. The van der Waals surface area contributed by atoms with Gasteiger partial charge in [-0.15, -0.1) is 0 Å². The summed E-state index contributed by atoms with van der Waals surface area (Å²) in [4.78, 5) is 11.9. The number of hydrogen-bond acceptors (Lipinski definition) is 4. The minimum Gasteiger partial charge on any atom is -0.468 e. The van der Waals surface area contributed by atoms with Gasteiger partial charge in [0.25, 0.3) is 0 Å². The van der Waals surface area contributed by atoms with Crippen LogP contribution in [0.1, 0.15) is 19.3 Å². The van der Waals surface area contributed by atoms with Gasteiger partial charge in [-0.3, -0.25) is 4.79 Å². The van der Waals surface area contributed by atoms with Crippen LogP contribution in [0.4, 0.5) is 0 Å². The molecular formula is C14H16O4S. The van der Waals surface area contributed by atoms with Gasteiger partial charge in [0.2, 0.25) is 0 Å². The molecule has 1 aliphatic carbocycles. The van der Waals surface area contributed by atoms with Crippen LogP contribution in [0.2, 0.25) is 0 Å². The number of benzene rings is 1. The third kappa shape index (κ3) is 3.23. The second-order valence-corrected chi connectivity index (χ2v) is 6.60. The van der Waals surface area contributed by atoms with Gasteiger partial charge in [-0.05, 0) is 31.4 Å². The third-order valence-electron chi connectivity index (χ3n) is 3.07. The Hall–Kier alpha value is -1.62. The summed E-state index contributed by atoms with van der Waals surface area (Å²) in [6.45, 7) is 0. The molecule has 0 bridgehead atoms. The predicted octanol–water partition coefficient (Wildman–Crippen LogP) is 2.11. The van der Waals surface area contributed by atoms with Crippen molar-refractivity contribution in [3.8, 4) is 0 Å². The molecule has 0 amide bonds. The van der Waals surface area contributed by atoms with Gasteiger partial charge in [-0.25, -0.2) is 8.42 Å². The molecular weight excluding hydrogens is 264 g/mol. The second-order valence-electron chi connectivity index (χ2n) is 4.47. The van der Waals surface area contributed by atoms with Crippen LogP contribution in [-0.2, 0) is 19.4 Å². The second kappa shape index (κ2) is 5.57. The lowest BCUT2D eigenvalue weighted by Gasteiger charge is -2.13. The van der Waals surface area contributed by atoms with E-state index >= 15 is 0 Å². The summed E-state index contributed by atoms with van der Waals surface area (Å²) in [5, 5.41) is -1.16. The fourth-order valence-electron chi connectivity index (χ4n) is 1.81. The number of ether oxygens (including phenoxy) is 1. The summed E-state index contributed by atoms with van der Waals surface area (Å²) in [7, 11) is -2.49. The highest BCUT2D eigenvalue weighted by Crippen LogP contribution is 2.29. The van der Waals surface area contributed by atoms with Crippen LogP contribution >= 0.6 is 0 Å². The molecule has 1 aliphatic rings. The molecule has 0 heterocycles. The Morgan fingerprint density at radius 2 is 1.95 bits per heavy atom. The van der Waals surface area contributed by atoms with E-state index in [0.717, 1.165) is 12.8 Å². The normalized spacial score (nSPS) is 15.7. The standard InChI is InChI=1S/C14H16O4S/c1-18-14(15)13(10-9-11-7-8-11)19(16,17)12-5-3-2-4-6-12/h2-6,9,13H,7-8,10H2,1H3. The van der Waals surface area contributed by atoms with Crippen molar-refractivity contribution in [3.05, 3.63) is 42.0 Å². The fourth-order valence-corrected chi connectivity index (χ4v) is 3.37. The first-order chi connectivity index (χ1) is 9.05. The van der Waals surface area contributed by atoms with Gasteiger partial charge in [-0.2, -0.15) is 0 Å². The molecule has 19 heavy (non-hydrogen) atoms. The van der Waals surface area contributed by atoms with E-state index in [1.807, 2.05) is 6.08 Å². The Morgan fingerprint density at radius 1 is 1.32 bits per heavy atom. The topological polar surface area (TPSA) is 60.4 Å². The third-order valence-corrected chi connectivity index (χ3v) is 5.13. The average molecular weight is 280 g/mol. The largest absolute Gasteiger partial charge is 0.468 e. The lowest BCUT2D eigenvalue weighted by molar-refractivity contribution is -0.140. The molecule has 1 saturated carbocycles. The zero-order valence-corrected chi connectivity index (χ0v) is 11.5. The Balaban J connectivity index is 2.30. The first kappa shape index (κ1) is 13.8. The van der Waals surface area contributed by atoms with E-state index in [1.54, 1.807) is 18.2 Å². The smallest absolute Gasteiger partial charge is 0.324 e. The van der Waals surface area contributed by atoms with Crippen LogP contribution in [0.3, 0.4) is 0 Å². The Labute approximate surface area is 113 Å². The van der Waals surface area contributed by atoms with Crippen molar-refractivity contribution in [2.24, 2.45) is 0 Å².